The molecule has 1 saturated heterocycles. The lowest BCUT2D eigenvalue weighted by atomic mass is 10.0. The summed E-state index contributed by atoms with van der Waals surface area (Å²) in [6.07, 6.45) is 3.07. The maximum absolute atomic E-state index is 12.5. The van der Waals surface area contributed by atoms with Crippen LogP contribution in [0.25, 0.3) is 10.8 Å². The molecule has 0 spiro atoms. The molecule has 3 aromatic rings. The lowest BCUT2D eigenvalue weighted by molar-refractivity contribution is 0.0862. The highest BCUT2D eigenvalue weighted by atomic mass is 35.5. The summed E-state index contributed by atoms with van der Waals surface area (Å²) >= 11 is 0. The fraction of sp³-hybridized carbons (Fsp3) is 0.375. The molecule has 184 valence electrons. The van der Waals surface area contributed by atoms with Crippen LogP contribution in [0.15, 0.2) is 48.7 Å². The van der Waals surface area contributed by atoms with E-state index in [-0.39, 0.29) is 36.6 Å². The van der Waals surface area contributed by atoms with E-state index in [0.717, 1.165) is 48.1 Å². The highest BCUT2D eigenvalue weighted by Crippen LogP contribution is 2.36. The Morgan fingerprint density at radius 1 is 1.09 bits per heavy atom. The lowest BCUT2D eigenvalue weighted by Gasteiger charge is -2.37. The molecule has 0 saturated carbocycles. The highest BCUT2D eigenvalue weighted by molar-refractivity contribution is 5.94. The Hall–Kier alpha value is -3.30. The van der Waals surface area contributed by atoms with E-state index in [1.54, 1.807) is 25.3 Å². The van der Waals surface area contributed by atoms with Crippen LogP contribution in [0, 0.1) is 0 Å². The zero-order chi connectivity index (χ0) is 22.5. The molecular weight excluding hydrogens is 460 g/mol. The summed E-state index contributed by atoms with van der Waals surface area (Å²) in [6, 6.07) is 13.7. The quantitative estimate of drug-likeness (QED) is 0.520. The number of anilines is 1. The van der Waals surface area contributed by atoms with Gasteiger partial charge in [0.1, 0.15) is 6.61 Å². The van der Waals surface area contributed by atoms with Gasteiger partial charge >= 0.3 is 6.09 Å². The molecule has 10 heteroatoms. The van der Waals surface area contributed by atoms with Gasteiger partial charge in [-0.15, -0.1) is 17.5 Å². The first-order valence-corrected chi connectivity index (χ1v) is 10.7. The van der Waals surface area contributed by atoms with Crippen molar-refractivity contribution in [1.82, 2.24) is 15.1 Å². The largest absolute Gasteiger partial charge is 0.493 e. The molecule has 34 heavy (non-hydrogen) atoms. The second-order valence-electron chi connectivity index (χ2n) is 7.83. The highest BCUT2D eigenvalue weighted by Gasteiger charge is 2.28. The molecule has 2 heterocycles. The maximum atomic E-state index is 12.5. The van der Waals surface area contributed by atoms with Gasteiger partial charge < -0.3 is 29.5 Å². The minimum Gasteiger partial charge on any atom is -0.493 e. The Balaban J connectivity index is 0.00000204. The van der Waals surface area contributed by atoms with Crippen LogP contribution in [0.3, 0.4) is 0 Å². The Labute approximate surface area is 205 Å². The Morgan fingerprint density at radius 2 is 1.74 bits per heavy atom. The molecule has 1 aromatic heterocycles. The van der Waals surface area contributed by atoms with E-state index in [1.807, 2.05) is 49.5 Å². The van der Waals surface area contributed by atoms with Crippen molar-refractivity contribution in [2.75, 3.05) is 39.3 Å². The molecule has 2 aromatic carbocycles. The van der Waals surface area contributed by atoms with Crippen LogP contribution >= 0.6 is 12.4 Å². The predicted octanol–water partition coefficient (Wildman–Crippen LogP) is 3.48. The standard InChI is InChI=1S/C24H28N4O4.ClH.H2O/c1-27(24(29)32-16-17-7-5-4-6-8-17)19-9-11-28(12-10-19)23-20-14-22(31-3)21(30-2)13-18(20)15-25-26-23;;/h4-8,13-15,19H,9-12,16H2,1-3H3;1H;1H2. The summed E-state index contributed by atoms with van der Waals surface area (Å²) in [5.41, 5.74) is 0.977. The van der Waals surface area contributed by atoms with Gasteiger partial charge in [-0.05, 0) is 30.5 Å². The zero-order valence-electron chi connectivity index (χ0n) is 19.6. The summed E-state index contributed by atoms with van der Waals surface area (Å²) in [5, 5.41) is 10.5. The number of fused-ring (bicyclic) bond motifs is 1. The normalized spacial score (nSPS) is 13.4. The van der Waals surface area contributed by atoms with Gasteiger partial charge in [-0.2, -0.15) is 5.10 Å². The van der Waals surface area contributed by atoms with Crippen molar-refractivity contribution in [1.29, 1.82) is 0 Å². The summed E-state index contributed by atoms with van der Waals surface area (Å²) < 4.78 is 16.4. The van der Waals surface area contributed by atoms with Crippen molar-refractivity contribution in [3.63, 3.8) is 0 Å². The van der Waals surface area contributed by atoms with Gasteiger partial charge in [0.2, 0.25) is 0 Å². The molecule has 1 aliphatic heterocycles. The van der Waals surface area contributed by atoms with Gasteiger partial charge in [-0.1, -0.05) is 30.3 Å². The number of methoxy groups -OCH3 is 2. The number of halogens is 1. The predicted molar refractivity (Wildman–Crippen MR) is 133 cm³/mol. The van der Waals surface area contributed by atoms with E-state index in [2.05, 4.69) is 15.1 Å². The lowest BCUT2D eigenvalue weighted by Crippen LogP contribution is -2.46. The first-order chi connectivity index (χ1) is 15.6. The maximum Gasteiger partial charge on any atom is 0.410 e. The number of hydrogen-bond acceptors (Lipinski definition) is 7. The second kappa shape index (κ2) is 12.2. The van der Waals surface area contributed by atoms with Gasteiger partial charge in [-0.25, -0.2) is 4.79 Å². The third-order valence-electron chi connectivity index (χ3n) is 5.95. The molecular formula is C24H31ClN4O5. The molecule has 9 nitrogen and oxygen atoms in total. The smallest absolute Gasteiger partial charge is 0.410 e. The van der Waals surface area contributed by atoms with Crippen molar-refractivity contribution < 1.29 is 24.5 Å². The minimum atomic E-state index is -0.297. The first-order valence-electron chi connectivity index (χ1n) is 10.7. The minimum absolute atomic E-state index is 0. The molecule has 0 radical (unpaired) electrons. The van der Waals surface area contributed by atoms with E-state index >= 15 is 0 Å². The van der Waals surface area contributed by atoms with Gasteiger partial charge in [0.15, 0.2) is 17.3 Å². The van der Waals surface area contributed by atoms with Gasteiger partial charge in [0, 0.05) is 37.0 Å². The van der Waals surface area contributed by atoms with Crippen molar-refractivity contribution >= 4 is 35.1 Å². The van der Waals surface area contributed by atoms with E-state index in [4.69, 9.17) is 14.2 Å². The monoisotopic (exact) mass is 490 g/mol. The van der Waals surface area contributed by atoms with Crippen molar-refractivity contribution in [2.45, 2.75) is 25.5 Å². The van der Waals surface area contributed by atoms with E-state index in [0.29, 0.717) is 11.5 Å². The number of piperidine rings is 1. The Bertz CT molecular complexity index is 1080. The number of carbonyl (C=O) groups is 1. The fourth-order valence-electron chi connectivity index (χ4n) is 4.06. The molecule has 1 aliphatic rings. The number of carbonyl (C=O) groups excluding carboxylic acids is 1. The average molecular weight is 491 g/mol. The number of benzene rings is 2. The van der Waals surface area contributed by atoms with Crippen molar-refractivity contribution in [2.24, 2.45) is 0 Å². The third-order valence-corrected chi connectivity index (χ3v) is 5.95. The molecule has 0 atom stereocenters. The molecule has 1 amide bonds. The first kappa shape index (κ1) is 26.9. The SMILES string of the molecule is COc1cc2cnnc(N3CCC(N(C)C(=O)OCc4ccccc4)CC3)c2cc1OC.Cl.O. The number of hydrogen-bond donors (Lipinski definition) is 0. The second-order valence-corrected chi connectivity index (χ2v) is 7.83. The summed E-state index contributed by atoms with van der Waals surface area (Å²) in [5.74, 6) is 2.13. The van der Waals surface area contributed by atoms with Crippen LogP contribution in [-0.4, -0.2) is 67.1 Å². The summed E-state index contributed by atoms with van der Waals surface area (Å²) in [4.78, 5) is 16.4. The van der Waals surface area contributed by atoms with Crippen LogP contribution in [0.2, 0.25) is 0 Å². The zero-order valence-corrected chi connectivity index (χ0v) is 20.4. The number of aromatic nitrogens is 2. The molecule has 1 fully saturated rings. The number of rotatable bonds is 6. The molecule has 0 aliphatic carbocycles. The van der Waals surface area contributed by atoms with Crippen molar-refractivity contribution in [3.05, 3.63) is 54.2 Å². The third kappa shape index (κ3) is 5.78. The van der Waals surface area contributed by atoms with Gasteiger partial charge in [0.25, 0.3) is 0 Å². The van der Waals surface area contributed by atoms with E-state index < -0.39 is 0 Å². The number of ether oxygens (including phenoxy) is 3. The Morgan fingerprint density at radius 3 is 2.38 bits per heavy atom. The number of amides is 1. The summed E-state index contributed by atoms with van der Waals surface area (Å²) in [7, 11) is 5.05. The van der Waals surface area contributed by atoms with E-state index in [9.17, 15) is 4.79 Å². The van der Waals surface area contributed by atoms with Crippen LogP contribution in [0.4, 0.5) is 10.6 Å². The molecule has 2 N–H and O–H groups in total. The molecule has 0 bridgehead atoms. The van der Waals surface area contributed by atoms with Crippen LogP contribution in [0.5, 0.6) is 11.5 Å². The van der Waals surface area contributed by atoms with Gasteiger partial charge in [0.05, 0.1) is 20.4 Å². The topological polar surface area (TPSA) is 109 Å². The molecule has 0 unspecified atom stereocenters. The molecule has 4 rings (SSSR count). The van der Waals surface area contributed by atoms with Crippen molar-refractivity contribution in [3.8, 4) is 11.5 Å². The van der Waals surface area contributed by atoms with E-state index in [1.165, 1.54) is 0 Å². The average Bonchev–Trinajstić information content (AvgIpc) is 2.86. The van der Waals surface area contributed by atoms with Crippen LogP contribution < -0.4 is 14.4 Å². The fourth-order valence-corrected chi connectivity index (χ4v) is 4.06. The number of nitrogens with zero attached hydrogens (tertiary/aromatic N) is 4. The Kier molecular flexibility index (Phi) is 9.70. The summed E-state index contributed by atoms with van der Waals surface area (Å²) in [6.45, 7) is 1.81. The van der Waals surface area contributed by atoms with Crippen LogP contribution in [-0.2, 0) is 11.3 Å². The van der Waals surface area contributed by atoms with Crippen LogP contribution in [0.1, 0.15) is 18.4 Å². The van der Waals surface area contributed by atoms with Gasteiger partial charge in [-0.3, -0.25) is 0 Å².